The van der Waals surface area contributed by atoms with Gasteiger partial charge in [-0.05, 0) is 61.6 Å². The van der Waals surface area contributed by atoms with E-state index in [1.165, 1.54) is 24.3 Å². The first-order valence-electron chi connectivity index (χ1n) is 11.3. The Morgan fingerprint density at radius 2 is 1.76 bits per heavy atom. The van der Waals surface area contributed by atoms with E-state index in [1.54, 1.807) is 12.3 Å². The number of hydrogen-bond acceptors (Lipinski definition) is 7. The first-order valence-corrected chi connectivity index (χ1v) is 14.2. The van der Waals surface area contributed by atoms with Crippen molar-refractivity contribution in [3.8, 4) is 11.1 Å². The smallest absolute Gasteiger partial charge is 0.263 e. The minimum Gasteiger partial charge on any atom is -0.392 e. The summed E-state index contributed by atoms with van der Waals surface area (Å²) in [4.78, 5) is 10.7. The number of fused-ring (bicyclic) bond motifs is 1. The number of aromatic nitrogens is 2. The van der Waals surface area contributed by atoms with Crippen LogP contribution in [0.3, 0.4) is 0 Å². The van der Waals surface area contributed by atoms with Gasteiger partial charge in [0.25, 0.3) is 10.0 Å². The normalized spacial score (nSPS) is 11.8. The number of rotatable bonds is 9. The molecule has 38 heavy (non-hydrogen) atoms. The van der Waals surface area contributed by atoms with Crippen molar-refractivity contribution in [3.63, 3.8) is 0 Å². The van der Waals surface area contributed by atoms with Crippen LogP contribution >= 0.6 is 46.4 Å². The van der Waals surface area contributed by atoms with Crippen LogP contribution in [-0.2, 0) is 16.6 Å². The van der Waals surface area contributed by atoms with Crippen LogP contribution in [0.5, 0.6) is 0 Å². The summed E-state index contributed by atoms with van der Waals surface area (Å²) in [7, 11) is -0.249. The number of hydrogen-bond donors (Lipinski definition) is 3. The number of anilines is 2. The lowest BCUT2D eigenvalue weighted by Crippen LogP contribution is -2.21. The van der Waals surface area contributed by atoms with E-state index in [4.69, 9.17) is 46.4 Å². The molecule has 0 aliphatic carbocycles. The summed E-state index contributed by atoms with van der Waals surface area (Å²) >= 11 is 25.4. The van der Waals surface area contributed by atoms with Crippen LogP contribution < -0.4 is 10.0 Å². The first-order chi connectivity index (χ1) is 18.0. The number of nitrogens with zero attached hydrogens (tertiary/aromatic N) is 3. The maximum atomic E-state index is 13.2. The van der Waals surface area contributed by atoms with Crippen molar-refractivity contribution in [1.82, 2.24) is 14.9 Å². The molecule has 1 aromatic heterocycles. The molecule has 1 heterocycles. The highest BCUT2D eigenvalue weighted by Crippen LogP contribution is 2.41. The highest BCUT2D eigenvalue weighted by atomic mass is 35.5. The van der Waals surface area contributed by atoms with Crippen LogP contribution in [0.2, 0.25) is 20.1 Å². The lowest BCUT2D eigenvalue weighted by atomic mass is 10.0. The second-order valence-corrected chi connectivity index (χ2v) is 11.9. The Hall–Kier alpha value is -2.37. The Labute approximate surface area is 240 Å². The van der Waals surface area contributed by atoms with Crippen LogP contribution in [0.25, 0.3) is 22.0 Å². The molecule has 0 unspecified atom stereocenters. The molecule has 3 aromatic carbocycles. The van der Waals surface area contributed by atoms with E-state index >= 15 is 0 Å². The molecule has 4 aromatic rings. The Kier molecular flexibility index (Phi) is 8.89. The van der Waals surface area contributed by atoms with Gasteiger partial charge in [0.2, 0.25) is 5.95 Å². The summed E-state index contributed by atoms with van der Waals surface area (Å²) < 4.78 is 28.8. The van der Waals surface area contributed by atoms with Gasteiger partial charge in [0.15, 0.2) is 0 Å². The molecule has 0 bridgehead atoms. The molecule has 3 N–H and O–H groups in total. The van der Waals surface area contributed by atoms with E-state index in [0.29, 0.717) is 28.6 Å². The fraction of sp³-hybridized carbons (Fsp3) is 0.200. The SMILES string of the molecule is CN(C)CCNc1ncc2cc(-c3c(Cl)ccc(NS(=O)(=O)c4cc(Cl)cc(CO)c4Cl)c3Cl)ccc2n1. The van der Waals surface area contributed by atoms with Crippen molar-refractivity contribution in [2.45, 2.75) is 11.5 Å². The molecule has 8 nitrogen and oxygen atoms in total. The van der Waals surface area contributed by atoms with Crippen molar-refractivity contribution in [2.75, 3.05) is 37.2 Å². The lowest BCUT2D eigenvalue weighted by Gasteiger charge is -2.16. The number of benzene rings is 3. The molecular formula is C25H23Cl4N5O3S. The third-order valence-corrected chi connectivity index (χ3v) is 8.46. The number of sulfonamides is 1. The molecule has 200 valence electrons. The molecule has 0 amide bonds. The third kappa shape index (κ3) is 6.26. The third-order valence-electron chi connectivity index (χ3n) is 5.59. The predicted octanol–water partition coefficient (Wildman–Crippen LogP) is 6.18. The fourth-order valence-electron chi connectivity index (χ4n) is 3.69. The van der Waals surface area contributed by atoms with Crippen LogP contribution in [0, 0.1) is 0 Å². The molecule has 0 aliphatic heterocycles. The minimum absolute atomic E-state index is 0.0869. The fourth-order valence-corrected chi connectivity index (χ4v) is 6.38. The van der Waals surface area contributed by atoms with Crippen LogP contribution in [-0.4, -0.2) is 55.6 Å². The van der Waals surface area contributed by atoms with Gasteiger partial charge in [0.05, 0.1) is 32.9 Å². The average Bonchev–Trinajstić information content (AvgIpc) is 2.86. The molecule has 0 atom stereocenters. The van der Waals surface area contributed by atoms with Crippen molar-refractivity contribution in [1.29, 1.82) is 0 Å². The molecule has 0 fully saturated rings. The van der Waals surface area contributed by atoms with Gasteiger partial charge in [-0.1, -0.05) is 52.5 Å². The van der Waals surface area contributed by atoms with Gasteiger partial charge in [-0.3, -0.25) is 4.72 Å². The largest absolute Gasteiger partial charge is 0.392 e. The molecule has 0 saturated heterocycles. The van der Waals surface area contributed by atoms with Gasteiger partial charge in [0.1, 0.15) is 4.90 Å². The maximum Gasteiger partial charge on any atom is 0.263 e. The molecular weight excluding hydrogens is 592 g/mol. The number of aliphatic hydroxyl groups is 1. The molecule has 0 saturated carbocycles. The molecule has 0 aliphatic rings. The molecule has 0 radical (unpaired) electrons. The standard InChI is InChI=1S/C25H23Cl4N5O3S/c1-34(2)8-7-30-25-31-12-15-9-14(3-5-19(15)32-25)22-18(27)4-6-20(24(22)29)33-38(36,37)21-11-17(26)10-16(13-35)23(21)28/h3-6,9-12,33,35H,7-8,13H2,1-2H3,(H,30,31,32). The lowest BCUT2D eigenvalue weighted by molar-refractivity contribution is 0.281. The Morgan fingerprint density at radius 3 is 2.47 bits per heavy atom. The van der Waals surface area contributed by atoms with E-state index in [1.807, 2.05) is 26.2 Å². The first kappa shape index (κ1) is 28.6. The molecule has 13 heteroatoms. The van der Waals surface area contributed by atoms with Gasteiger partial charge in [-0.2, -0.15) is 0 Å². The van der Waals surface area contributed by atoms with Gasteiger partial charge in [-0.15, -0.1) is 0 Å². The maximum absolute atomic E-state index is 13.2. The van der Waals surface area contributed by atoms with E-state index in [9.17, 15) is 13.5 Å². The Bertz CT molecular complexity index is 1620. The summed E-state index contributed by atoms with van der Waals surface area (Å²) in [6.45, 7) is 1.06. The number of aliphatic hydroxyl groups excluding tert-OH is 1. The monoisotopic (exact) mass is 613 g/mol. The van der Waals surface area contributed by atoms with E-state index in [-0.39, 0.29) is 31.2 Å². The van der Waals surface area contributed by atoms with Gasteiger partial charge >= 0.3 is 0 Å². The summed E-state index contributed by atoms with van der Waals surface area (Å²) in [5, 5.41) is 13.8. The highest BCUT2D eigenvalue weighted by Gasteiger charge is 2.24. The molecule has 4 rings (SSSR count). The topological polar surface area (TPSA) is 107 Å². The summed E-state index contributed by atoms with van der Waals surface area (Å²) in [5.74, 6) is 0.517. The van der Waals surface area contributed by atoms with Crippen molar-refractivity contribution in [3.05, 3.63) is 74.3 Å². The Balaban J connectivity index is 1.68. The zero-order chi connectivity index (χ0) is 27.6. The highest BCUT2D eigenvalue weighted by molar-refractivity contribution is 7.92. The van der Waals surface area contributed by atoms with E-state index < -0.39 is 16.6 Å². The molecule has 0 spiro atoms. The summed E-state index contributed by atoms with van der Waals surface area (Å²) in [6.07, 6.45) is 1.69. The second-order valence-electron chi connectivity index (χ2n) is 8.62. The average molecular weight is 615 g/mol. The van der Waals surface area contributed by atoms with E-state index in [0.717, 1.165) is 17.4 Å². The van der Waals surface area contributed by atoms with Crippen molar-refractivity contribution < 1.29 is 13.5 Å². The second kappa shape index (κ2) is 11.8. The van der Waals surface area contributed by atoms with Crippen LogP contribution in [0.15, 0.2) is 53.6 Å². The quantitative estimate of drug-likeness (QED) is 0.207. The zero-order valence-corrected chi connectivity index (χ0v) is 24.1. The number of halogens is 4. The van der Waals surface area contributed by atoms with Crippen molar-refractivity contribution >= 4 is 79.0 Å². The number of nitrogens with one attached hydrogen (secondary N) is 2. The van der Waals surface area contributed by atoms with Gasteiger partial charge < -0.3 is 15.3 Å². The summed E-state index contributed by atoms with van der Waals surface area (Å²) in [5.41, 5.74) is 2.06. The van der Waals surface area contributed by atoms with Gasteiger partial charge in [0, 0.05) is 35.3 Å². The van der Waals surface area contributed by atoms with Crippen LogP contribution in [0.4, 0.5) is 11.6 Å². The van der Waals surface area contributed by atoms with Crippen molar-refractivity contribution in [2.24, 2.45) is 0 Å². The number of likely N-dealkylation sites (N-methyl/N-ethyl adjacent to an activating group) is 1. The zero-order valence-electron chi connectivity index (χ0n) is 20.3. The van der Waals surface area contributed by atoms with Crippen LogP contribution in [0.1, 0.15) is 5.56 Å². The predicted molar refractivity (Wildman–Crippen MR) is 155 cm³/mol. The summed E-state index contributed by atoms with van der Waals surface area (Å²) in [6, 6.07) is 11.0. The van der Waals surface area contributed by atoms with E-state index in [2.05, 4.69) is 24.9 Å². The minimum atomic E-state index is -4.22. The Morgan fingerprint density at radius 1 is 1.00 bits per heavy atom. The van der Waals surface area contributed by atoms with Gasteiger partial charge in [-0.25, -0.2) is 18.4 Å².